The highest BCUT2D eigenvalue weighted by molar-refractivity contribution is 5.76. The van der Waals surface area contributed by atoms with Gasteiger partial charge in [-0.1, -0.05) is 0 Å². The van der Waals surface area contributed by atoms with Gasteiger partial charge in [-0.15, -0.1) is 0 Å². The van der Waals surface area contributed by atoms with Crippen LogP contribution in [0.5, 0.6) is 0 Å². The summed E-state index contributed by atoms with van der Waals surface area (Å²) in [6.45, 7) is 8.55. The van der Waals surface area contributed by atoms with Crippen molar-refractivity contribution in [1.82, 2.24) is 24.2 Å². The molecule has 0 aromatic carbocycles. The van der Waals surface area contributed by atoms with Gasteiger partial charge in [-0.05, 0) is 33.3 Å². The van der Waals surface area contributed by atoms with Crippen LogP contribution in [0.15, 0.2) is 12.3 Å². The number of carbonyl (C=O) groups excluding carboxylic acids is 1. The van der Waals surface area contributed by atoms with E-state index < -0.39 is 0 Å². The molecule has 7 nitrogen and oxygen atoms in total. The minimum absolute atomic E-state index is 0.146. The molecule has 136 valence electrons. The van der Waals surface area contributed by atoms with Crippen LogP contribution in [-0.2, 0) is 23.1 Å². The molecule has 1 fully saturated rings. The molecule has 1 aliphatic heterocycles. The molecule has 2 aromatic heterocycles. The summed E-state index contributed by atoms with van der Waals surface area (Å²) in [5.41, 5.74) is 3.13. The van der Waals surface area contributed by atoms with Gasteiger partial charge in [0.1, 0.15) is 11.9 Å². The Morgan fingerprint density at radius 2 is 2.12 bits per heavy atom. The van der Waals surface area contributed by atoms with Crippen LogP contribution in [0.4, 0.5) is 0 Å². The van der Waals surface area contributed by atoms with Gasteiger partial charge in [0.2, 0.25) is 5.91 Å². The van der Waals surface area contributed by atoms with E-state index in [4.69, 9.17) is 4.74 Å². The van der Waals surface area contributed by atoms with E-state index in [1.165, 1.54) is 0 Å². The standard InChI is InChI=1S/C18H27N5O2/c1-13-10-15(3)23(20-13)7-5-6-17(24)22-8-9-25-16(12-22)18-19-14(2)11-21(18)4/h10-11,16H,5-9,12H2,1-4H3/t16-/m1/s1. The number of amides is 1. The largest absolute Gasteiger partial charge is 0.367 e. The number of ether oxygens (including phenoxy) is 1. The topological polar surface area (TPSA) is 65.2 Å². The van der Waals surface area contributed by atoms with Crippen molar-refractivity contribution in [3.8, 4) is 0 Å². The zero-order valence-corrected chi connectivity index (χ0v) is 15.5. The van der Waals surface area contributed by atoms with Crippen molar-refractivity contribution in [2.24, 2.45) is 7.05 Å². The second-order valence-electron chi connectivity index (χ2n) is 6.80. The lowest BCUT2D eigenvalue weighted by molar-refractivity contribution is -0.139. The summed E-state index contributed by atoms with van der Waals surface area (Å²) in [6, 6.07) is 2.06. The molecule has 1 amide bonds. The van der Waals surface area contributed by atoms with Crippen molar-refractivity contribution in [1.29, 1.82) is 0 Å². The lowest BCUT2D eigenvalue weighted by Crippen LogP contribution is -2.42. The van der Waals surface area contributed by atoms with Crippen molar-refractivity contribution < 1.29 is 9.53 Å². The van der Waals surface area contributed by atoms with Gasteiger partial charge in [-0.25, -0.2) is 4.98 Å². The number of hydrogen-bond donors (Lipinski definition) is 0. The highest BCUT2D eigenvalue weighted by Gasteiger charge is 2.27. The van der Waals surface area contributed by atoms with E-state index in [1.807, 2.05) is 48.2 Å². The number of aromatic nitrogens is 4. The SMILES string of the molecule is Cc1cn(C)c([C@H]2CN(C(=O)CCCn3nc(C)cc3C)CCO2)n1. The number of hydrogen-bond acceptors (Lipinski definition) is 4. The number of aryl methyl sites for hydroxylation is 5. The van der Waals surface area contributed by atoms with Gasteiger partial charge in [0.25, 0.3) is 0 Å². The number of rotatable bonds is 5. The molecule has 0 N–H and O–H groups in total. The third-order valence-electron chi connectivity index (χ3n) is 4.60. The van der Waals surface area contributed by atoms with Crippen LogP contribution in [-0.4, -0.2) is 49.8 Å². The molecule has 1 atom stereocenters. The predicted octanol–water partition coefficient (Wildman–Crippen LogP) is 1.92. The number of carbonyl (C=O) groups is 1. The van der Waals surface area contributed by atoms with Crippen LogP contribution >= 0.6 is 0 Å². The van der Waals surface area contributed by atoms with Gasteiger partial charge < -0.3 is 14.2 Å². The van der Waals surface area contributed by atoms with Gasteiger partial charge in [0.15, 0.2) is 0 Å². The molecular weight excluding hydrogens is 318 g/mol. The molecule has 1 aliphatic rings. The minimum atomic E-state index is -0.146. The van der Waals surface area contributed by atoms with Crippen molar-refractivity contribution in [3.05, 3.63) is 35.2 Å². The Bertz CT molecular complexity index is 749. The molecule has 0 saturated carbocycles. The number of imidazole rings is 1. The summed E-state index contributed by atoms with van der Waals surface area (Å²) in [4.78, 5) is 19.0. The molecule has 0 bridgehead atoms. The molecule has 0 unspecified atom stereocenters. The minimum Gasteiger partial charge on any atom is -0.367 e. The summed E-state index contributed by atoms with van der Waals surface area (Å²) >= 11 is 0. The molecule has 0 aliphatic carbocycles. The molecule has 0 spiro atoms. The van der Waals surface area contributed by atoms with Crippen LogP contribution in [0.3, 0.4) is 0 Å². The lowest BCUT2D eigenvalue weighted by atomic mass is 10.2. The molecule has 7 heteroatoms. The zero-order valence-electron chi connectivity index (χ0n) is 15.5. The Balaban J connectivity index is 1.53. The summed E-state index contributed by atoms with van der Waals surface area (Å²) in [6.07, 6.45) is 3.16. The average molecular weight is 345 g/mol. The highest BCUT2D eigenvalue weighted by Crippen LogP contribution is 2.22. The van der Waals surface area contributed by atoms with E-state index >= 15 is 0 Å². The third kappa shape index (κ3) is 4.10. The predicted molar refractivity (Wildman–Crippen MR) is 94.2 cm³/mol. The first-order valence-electron chi connectivity index (χ1n) is 8.84. The van der Waals surface area contributed by atoms with Gasteiger partial charge in [0, 0.05) is 38.4 Å². The number of morpholine rings is 1. The molecule has 25 heavy (non-hydrogen) atoms. The van der Waals surface area contributed by atoms with E-state index in [-0.39, 0.29) is 12.0 Å². The molecule has 0 radical (unpaired) electrons. The second kappa shape index (κ2) is 7.39. The molecular formula is C18H27N5O2. The average Bonchev–Trinajstić information content (AvgIpc) is 3.08. The van der Waals surface area contributed by atoms with E-state index in [1.54, 1.807) is 0 Å². The van der Waals surface area contributed by atoms with E-state index in [0.717, 1.165) is 35.9 Å². The first kappa shape index (κ1) is 17.7. The maximum absolute atomic E-state index is 12.6. The van der Waals surface area contributed by atoms with Crippen LogP contribution in [0.25, 0.3) is 0 Å². The fourth-order valence-electron chi connectivity index (χ4n) is 3.41. The maximum Gasteiger partial charge on any atom is 0.222 e. The summed E-state index contributed by atoms with van der Waals surface area (Å²) in [5, 5.41) is 4.44. The third-order valence-corrected chi connectivity index (χ3v) is 4.60. The highest BCUT2D eigenvalue weighted by atomic mass is 16.5. The zero-order chi connectivity index (χ0) is 18.0. The fourth-order valence-corrected chi connectivity index (χ4v) is 3.41. The van der Waals surface area contributed by atoms with Gasteiger partial charge in [0.05, 0.1) is 24.5 Å². The molecule has 1 saturated heterocycles. The summed E-state index contributed by atoms with van der Waals surface area (Å²) in [5.74, 6) is 1.07. The van der Waals surface area contributed by atoms with Crippen LogP contribution in [0.2, 0.25) is 0 Å². The Morgan fingerprint density at radius 3 is 2.76 bits per heavy atom. The van der Waals surface area contributed by atoms with Crippen molar-refractivity contribution in [2.75, 3.05) is 19.7 Å². The molecule has 3 heterocycles. The Morgan fingerprint density at radius 1 is 1.32 bits per heavy atom. The monoisotopic (exact) mass is 345 g/mol. The smallest absolute Gasteiger partial charge is 0.222 e. The van der Waals surface area contributed by atoms with Crippen molar-refractivity contribution in [3.63, 3.8) is 0 Å². The van der Waals surface area contributed by atoms with Gasteiger partial charge in [-0.2, -0.15) is 5.10 Å². The summed E-state index contributed by atoms with van der Waals surface area (Å²) in [7, 11) is 1.97. The van der Waals surface area contributed by atoms with E-state index in [2.05, 4.69) is 16.1 Å². The first-order valence-corrected chi connectivity index (χ1v) is 8.84. The molecule has 2 aromatic rings. The van der Waals surface area contributed by atoms with Gasteiger partial charge in [-0.3, -0.25) is 9.48 Å². The van der Waals surface area contributed by atoms with Gasteiger partial charge >= 0.3 is 0 Å². The number of nitrogens with zero attached hydrogens (tertiary/aromatic N) is 5. The summed E-state index contributed by atoms with van der Waals surface area (Å²) < 4.78 is 9.80. The van der Waals surface area contributed by atoms with Crippen LogP contribution < -0.4 is 0 Å². The Labute approximate surface area is 148 Å². The quantitative estimate of drug-likeness (QED) is 0.830. The lowest BCUT2D eigenvalue weighted by Gasteiger charge is -2.32. The fraction of sp³-hybridized carbons (Fsp3) is 0.611. The van der Waals surface area contributed by atoms with Crippen molar-refractivity contribution >= 4 is 5.91 Å². The normalized spacial score (nSPS) is 17.9. The molecule has 3 rings (SSSR count). The van der Waals surface area contributed by atoms with E-state index in [0.29, 0.717) is 26.1 Å². The van der Waals surface area contributed by atoms with E-state index in [9.17, 15) is 4.79 Å². The van der Waals surface area contributed by atoms with Crippen LogP contribution in [0, 0.1) is 20.8 Å². The first-order chi connectivity index (χ1) is 11.9. The van der Waals surface area contributed by atoms with Crippen molar-refractivity contribution in [2.45, 2.75) is 46.3 Å². The Hall–Kier alpha value is -2.15. The maximum atomic E-state index is 12.6. The van der Waals surface area contributed by atoms with Crippen LogP contribution in [0.1, 0.15) is 41.9 Å². The Kier molecular flexibility index (Phi) is 5.22. The second-order valence-corrected chi connectivity index (χ2v) is 6.80.